The van der Waals surface area contributed by atoms with Crippen LogP contribution in [0.25, 0.3) is 0 Å². The van der Waals surface area contributed by atoms with Gasteiger partial charge in [-0.15, -0.1) is 0 Å². The average molecular weight is 228 g/mol. The van der Waals surface area contributed by atoms with Crippen LogP contribution in [-0.2, 0) is 4.74 Å². The molecule has 0 saturated heterocycles. The lowest BCUT2D eigenvalue weighted by atomic mass is 10.9. The summed E-state index contributed by atoms with van der Waals surface area (Å²) in [5.74, 6) is 0. The van der Waals surface area contributed by atoms with Crippen LogP contribution in [0.15, 0.2) is 0 Å². The number of hydrogen-bond donors (Lipinski definition) is 0. The van der Waals surface area contributed by atoms with Crippen molar-refractivity contribution in [3.05, 3.63) is 0 Å². The molecule has 0 aromatic rings. The molecule has 0 aromatic heterocycles. The smallest absolute Gasteiger partial charge is 0.403 e. The highest BCUT2D eigenvalue weighted by atomic mass is 35.6. The molecule has 6 heteroatoms. The Kier molecular flexibility index (Phi) is 12.7. The fraction of sp³-hybridized carbons (Fsp3) is 0.750. The fourth-order valence-electron chi connectivity index (χ4n) is 0.113. The predicted octanol–water partition coefficient (Wildman–Crippen LogP) is 3.37. The fourth-order valence-corrected chi connectivity index (χ4v) is 0.223. The van der Waals surface area contributed by atoms with Crippen molar-refractivity contribution in [3.8, 4) is 0 Å². The van der Waals surface area contributed by atoms with Crippen LogP contribution in [0, 0.1) is 0 Å². The van der Waals surface area contributed by atoms with Crippen molar-refractivity contribution in [3.63, 3.8) is 0 Å². The molecule has 10 heavy (non-hydrogen) atoms. The summed E-state index contributed by atoms with van der Waals surface area (Å²) in [6.45, 7) is 2.04. The second-order valence-electron chi connectivity index (χ2n) is 0.918. The lowest BCUT2D eigenvalue weighted by Gasteiger charge is -1.86. The van der Waals surface area contributed by atoms with Crippen LogP contribution in [0.3, 0.4) is 0 Å². The Morgan fingerprint density at radius 2 is 1.80 bits per heavy atom. The van der Waals surface area contributed by atoms with Crippen LogP contribution in [0.4, 0.5) is 4.79 Å². The Bertz CT molecular complexity index is 82.6. The van der Waals surface area contributed by atoms with E-state index in [4.69, 9.17) is 46.4 Å². The van der Waals surface area contributed by atoms with Crippen molar-refractivity contribution >= 4 is 51.8 Å². The summed E-state index contributed by atoms with van der Waals surface area (Å²) in [5.41, 5.74) is -0.738. The van der Waals surface area contributed by atoms with E-state index in [1.807, 2.05) is 0 Å². The van der Waals surface area contributed by atoms with Gasteiger partial charge in [-0.3, -0.25) is 0 Å². The number of carbonyl (C=O) groups is 1. The Hall–Kier alpha value is 0.630. The van der Waals surface area contributed by atoms with Crippen molar-refractivity contribution in [2.24, 2.45) is 0 Å². The van der Waals surface area contributed by atoms with E-state index in [2.05, 4.69) is 4.74 Å². The summed E-state index contributed by atoms with van der Waals surface area (Å²) in [4.78, 5) is 9.59. The summed E-state index contributed by atoms with van der Waals surface area (Å²) in [6.07, 6.45) is 0. The summed E-state index contributed by atoms with van der Waals surface area (Å²) in [7, 11) is 0. The molecule has 0 amide bonds. The van der Waals surface area contributed by atoms with Crippen molar-refractivity contribution in [1.29, 1.82) is 0 Å². The Morgan fingerprint density at radius 3 is 1.80 bits per heavy atom. The minimum atomic E-state index is -0.750. The molecule has 2 nitrogen and oxygen atoms in total. The van der Waals surface area contributed by atoms with Crippen LogP contribution < -0.4 is 0 Å². The van der Waals surface area contributed by atoms with Gasteiger partial charge in [0.2, 0.25) is 0 Å². The molecule has 0 aliphatic heterocycles. The molecular formula is C4H6Cl4O2. The Labute approximate surface area is 79.3 Å². The highest BCUT2D eigenvalue weighted by molar-refractivity contribution is 6.63. The SMILES string of the molecule is CCOC(=O)Cl.ClC(Cl)Cl. The van der Waals surface area contributed by atoms with Crippen LogP contribution in [0.2, 0.25) is 0 Å². The molecule has 0 fully saturated rings. The van der Waals surface area contributed by atoms with Gasteiger partial charge in [0.25, 0.3) is 0 Å². The molecule has 0 saturated carbocycles. The first kappa shape index (κ1) is 13.2. The van der Waals surface area contributed by atoms with Gasteiger partial charge in [-0.25, -0.2) is 4.79 Å². The zero-order chi connectivity index (χ0) is 8.57. The molecule has 0 aliphatic carbocycles. The maximum absolute atomic E-state index is 9.59. The van der Waals surface area contributed by atoms with Gasteiger partial charge < -0.3 is 4.74 Å². The van der Waals surface area contributed by atoms with Crippen molar-refractivity contribution in [2.45, 2.75) is 11.2 Å². The summed E-state index contributed by atoms with van der Waals surface area (Å²) in [6, 6.07) is 0. The van der Waals surface area contributed by atoms with Gasteiger partial charge in [0, 0.05) is 11.6 Å². The zero-order valence-corrected chi connectivity index (χ0v) is 8.14. The second kappa shape index (κ2) is 9.63. The molecule has 0 bridgehead atoms. The normalized spacial score (nSPS) is 8.20. The summed E-state index contributed by atoms with van der Waals surface area (Å²) in [5, 5.41) is 0. The van der Waals surface area contributed by atoms with E-state index in [1.165, 1.54) is 0 Å². The first-order chi connectivity index (χ1) is 4.50. The molecule has 0 heterocycles. The third-order valence-corrected chi connectivity index (χ3v) is 0.367. The predicted molar refractivity (Wildman–Crippen MR) is 44.2 cm³/mol. The van der Waals surface area contributed by atoms with Crippen LogP contribution in [0.5, 0.6) is 0 Å². The lowest BCUT2D eigenvalue weighted by molar-refractivity contribution is 0.180. The Morgan fingerprint density at radius 1 is 1.50 bits per heavy atom. The van der Waals surface area contributed by atoms with E-state index in [0.717, 1.165) is 0 Å². The molecule has 0 aliphatic rings. The van der Waals surface area contributed by atoms with Crippen molar-refractivity contribution in [2.75, 3.05) is 6.61 Å². The number of rotatable bonds is 1. The molecular weight excluding hydrogens is 222 g/mol. The standard InChI is InChI=1S/C3H5ClO2.CHCl3/c1-2-6-3(4)5;2-1(3)4/h2H2,1H3;1H. The second-order valence-corrected chi connectivity index (χ2v) is 3.21. The maximum atomic E-state index is 9.59. The van der Waals surface area contributed by atoms with E-state index in [9.17, 15) is 4.79 Å². The van der Waals surface area contributed by atoms with Gasteiger partial charge in [-0.05, 0) is 6.92 Å². The van der Waals surface area contributed by atoms with E-state index >= 15 is 0 Å². The number of ether oxygens (including phenoxy) is 1. The van der Waals surface area contributed by atoms with E-state index in [-0.39, 0.29) is 0 Å². The lowest BCUT2D eigenvalue weighted by Crippen LogP contribution is -1.89. The largest absolute Gasteiger partial charge is 0.454 e. The maximum Gasteiger partial charge on any atom is 0.403 e. The Balaban J connectivity index is 0. The van der Waals surface area contributed by atoms with Crippen molar-refractivity contribution in [1.82, 2.24) is 0 Å². The minimum absolute atomic E-state index is 0.350. The van der Waals surface area contributed by atoms with E-state index < -0.39 is 9.72 Å². The average Bonchev–Trinajstić information content (AvgIpc) is 1.62. The van der Waals surface area contributed by atoms with Crippen molar-refractivity contribution < 1.29 is 9.53 Å². The molecule has 0 rings (SSSR count). The highest BCUT2D eigenvalue weighted by Crippen LogP contribution is 2.03. The molecule has 0 radical (unpaired) electrons. The first-order valence-corrected chi connectivity index (χ1v) is 3.93. The summed E-state index contributed by atoms with van der Waals surface area (Å²) < 4.78 is 3.42. The van der Waals surface area contributed by atoms with E-state index in [0.29, 0.717) is 6.61 Å². The van der Waals surface area contributed by atoms with Crippen LogP contribution in [-0.4, -0.2) is 16.3 Å². The van der Waals surface area contributed by atoms with Gasteiger partial charge in [-0.2, -0.15) is 0 Å². The molecule has 62 valence electrons. The minimum Gasteiger partial charge on any atom is -0.454 e. The topological polar surface area (TPSA) is 26.3 Å². The van der Waals surface area contributed by atoms with Gasteiger partial charge in [-0.1, -0.05) is 34.8 Å². The quantitative estimate of drug-likeness (QED) is 0.507. The molecule has 0 N–H and O–H groups in total. The number of hydrogen-bond acceptors (Lipinski definition) is 2. The van der Waals surface area contributed by atoms with Crippen LogP contribution in [0.1, 0.15) is 6.92 Å². The molecule has 0 aromatic carbocycles. The van der Waals surface area contributed by atoms with Crippen LogP contribution >= 0.6 is 46.4 Å². The van der Waals surface area contributed by atoms with Gasteiger partial charge >= 0.3 is 5.43 Å². The molecule has 0 unspecified atom stereocenters. The number of carbonyl (C=O) groups excluding carboxylic acids is 1. The monoisotopic (exact) mass is 226 g/mol. The molecule has 0 spiro atoms. The first-order valence-electron chi connectivity index (χ1n) is 2.25. The highest BCUT2D eigenvalue weighted by Gasteiger charge is 1.86. The number of halogens is 4. The third kappa shape index (κ3) is 38.1. The van der Waals surface area contributed by atoms with Gasteiger partial charge in [0.1, 0.15) is 0 Å². The zero-order valence-electron chi connectivity index (χ0n) is 5.11. The summed E-state index contributed by atoms with van der Waals surface area (Å²) >= 11 is 19.1. The van der Waals surface area contributed by atoms with Gasteiger partial charge in [0.15, 0.2) is 4.30 Å². The van der Waals surface area contributed by atoms with Gasteiger partial charge in [0.05, 0.1) is 6.61 Å². The number of alkyl halides is 3. The third-order valence-electron chi connectivity index (χ3n) is 0.258. The van der Waals surface area contributed by atoms with E-state index in [1.54, 1.807) is 6.92 Å². The molecule has 0 atom stereocenters.